The van der Waals surface area contributed by atoms with Crippen molar-refractivity contribution in [2.75, 3.05) is 20.2 Å². The molecule has 0 radical (unpaired) electrons. The summed E-state index contributed by atoms with van der Waals surface area (Å²) >= 11 is 3.40. The molecule has 1 aliphatic heterocycles. The van der Waals surface area contributed by atoms with Crippen LogP contribution in [0.1, 0.15) is 30.8 Å². The first-order valence-corrected chi connectivity index (χ1v) is 7.29. The van der Waals surface area contributed by atoms with Crippen molar-refractivity contribution in [3.63, 3.8) is 0 Å². The monoisotopic (exact) mass is 329 g/mol. The number of hydrogen-bond acceptors (Lipinski definition) is 3. The molecule has 0 saturated carbocycles. The third kappa shape index (κ3) is 2.78. The van der Waals surface area contributed by atoms with Crippen molar-refractivity contribution < 1.29 is 9.53 Å². The highest BCUT2D eigenvalue weighted by Crippen LogP contribution is 2.30. The minimum atomic E-state index is -0.0239. The Hall–Kier alpha value is -1.04. The van der Waals surface area contributed by atoms with E-state index in [4.69, 9.17) is 4.74 Å². The van der Waals surface area contributed by atoms with Gasteiger partial charge in [-0.1, -0.05) is 13.8 Å². The van der Waals surface area contributed by atoms with Crippen molar-refractivity contribution in [2.45, 2.75) is 20.3 Å². The first kappa shape index (κ1) is 14.4. The number of rotatable bonds is 2. The van der Waals surface area contributed by atoms with Crippen molar-refractivity contribution in [3.8, 4) is 5.88 Å². The van der Waals surface area contributed by atoms with Gasteiger partial charge in [-0.05, 0) is 34.2 Å². The predicted octanol–water partition coefficient (Wildman–Crippen LogP) is 2.31. The maximum atomic E-state index is 12.6. The molecule has 1 aromatic heterocycles. The van der Waals surface area contributed by atoms with Crippen molar-refractivity contribution >= 4 is 21.8 Å². The smallest absolute Gasteiger partial charge is 0.275 e. The van der Waals surface area contributed by atoms with E-state index in [1.165, 1.54) is 6.42 Å². The molecule has 6 heteroatoms. The molecule has 5 nitrogen and oxygen atoms in total. The van der Waals surface area contributed by atoms with Crippen molar-refractivity contribution in [3.05, 3.63) is 10.2 Å². The zero-order chi connectivity index (χ0) is 14.2. The molecule has 0 spiro atoms. The van der Waals surface area contributed by atoms with Gasteiger partial charge in [0.2, 0.25) is 5.88 Å². The fourth-order valence-electron chi connectivity index (χ4n) is 2.82. The fourth-order valence-corrected chi connectivity index (χ4v) is 3.49. The van der Waals surface area contributed by atoms with E-state index in [9.17, 15) is 4.79 Å². The Morgan fingerprint density at radius 3 is 2.42 bits per heavy atom. The van der Waals surface area contributed by atoms with Gasteiger partial charge in [0.05, 0.1) is 7.11 Å². The molecule has 2 atom stereocenters. The molecular weight excluding hydrogens is 310 g/mol. The molecule has 2 rings (SSSR count). The summed E-state index contributed by atoms with van der Waals surface area (Å²) in [7, 11) is 3.34. The molecule has 0 aromatic carbocycles. The number of aromatic nitrogens is 2. The van der Waals surface area contributed by atoms with E-state index in [0.29, 0.717) is 27.9 Å². The van der Waals surface area contributed by atoms with Gasteiger partial charge in [-0.15, -0.1) is 0 Å². The van der Waals surface area contributed by atoms with E-state index in [1.807, 2.05) is 4.90 Å². The third-order valence-corrected chi connectivity index (χ3v) is 4.21. The number of aryl methyl sites for hydroxylation is 1. The lowest BCUT2D eigenvalue weighted by Crippen LogP contribution is -2.42. The fraction of sp³-hybridized carbons (Fsp3) is 0.692. The zero-order valence-electron chi connectivity index (χ0n) is 11.8. The zero-order valence-corrected chi connectivity index (χ0v) is 13.4. The third-order valence-electron chi connectivity index (χ3n) is 3.49. The molecule has 2 heterocycles. The lowest BCUT2D eigenvalue weighted by atomic mass is 9.92. The lowest BCUT2D eigenvalue weighted by molar-refractivity contribution is 0.0615. The molecule has 1 fully saturated rings. The van der Waals surface area contributed by atoms with Crippen molar-refractivity contribution in [1.29, 1.82) is 0 Å². The molecule has 1 saturated heterocycles. The van der Waals surface area contributed by atoms with E-state index < -0.39 is 0 Å². The summed E-state index contributed by atoms with van der Waals surface area (Å²) in [5.41, 5.74) is 0.431. The number of carbonyl (C=O) groups is 1. The second kappa shape index (κ2) is 5.53. The van der Waals surface area contributed by atoms with Gasteiger partial charge < -0.3 is 9.64 Å². The summed E-state index contributed by atoms with van der Waals surface area (Å²) in [5, 5.41) is 4.26. The van der Waals surface area contributed by atoms with E-state index in [2.05, 4.69) is 34.9 Å². The van der Waals surface area contributed by atoms with Crippen LogP contribution in [0.3, 0.4) is 0 Å². The molecule has 1 aliphatic rings. The van der Waals surface area contributed by atoms with Crippen LogP contribution in [0, 0.1) is 11.8 Å². The summed E-state index contributed by atoms with van der Waals surface area (Å²) in [6.45, 7) is 5.97. The Morgan fingerprint density at radius 1 is 1.37 bits per heavy atom. The first-order valence-electron chi connectivity index (χ1n) is 6.49. The molecule has 1 aromatic rings. The van der Waals surface area contributed by atoms with Crippen molar-refractivity contribution in [2.24, 2.45) is 18.9 Å². The van der Waals surface area contributed by atoms with E-state index in [-0.39, 0.29) is 5.91 Å². The standard InChI is InChI=1S/C13H20BrN3O2/c1-8-5-9(2)7-17(6-8)12(18)11-10(14)13(19-4)16(3)15-11/h8-9H,5-7H2,1-4H3/t8-,9-/m1/s1. The van der Waals surface area contributed by atoms with Gasteiger partial charge in [0, 0.05) is 20.1 Å². The summed E-state index contributed by atoms with van der Waals surface area (Å²) in [6.07, 6.45) is 1.18. The summed E-state index contributed by atoms with van der Waals surface area (Å²) in [5.74, 6) is 1.62. The van der Waals surface area contributed by atoms with Crippen LogP contribution >= 0.6 is 15.9 Å². The highest BCUT2D eigenvalue weighted by molar-refractivity contribution is 9.10. The molecule has 0 unspecified atom stereocenters. The first-order chi connectivity index (χ1) is 8.93. The van der Waals surface area contributed by atoms with Gasteiger partial charge in [-0.2, -0.15) is 5.10 Å². The maximum absolute atomic E-state index is 12.6. The number of halogens is 1. The predicted molar refractivity (Wildman–Crippen MR) is 76.3 cm³/mol. The number of ether oxygens (including phenoxy) is 1. The normalized spacial score (nSPS) is 23.5. The van der Waals surface area contributed by atoms with Gasteiger partial charge in [0.15, 0.2) is 5.69 Å². The SMILES string of the molecule is COc1c(Br)c(C(=O)N2C[C@H](C)C[C@@H](C)C2)nn1C. The maximum Gasteiger partial charge on any atom is 0.275 e. The largest absolute Gasteiger partial charge is 0.480 e. The molecule has 1 amide bonds. The minimum absolute atomic E-state index is 0.0239. The second-order valence-corrected chi connectivity index (χ2v) is 6.24. The van der Waals surface area contributed by atoms with Gasteiger partial charge in [0.1, 0.15) is 4.47 Å². The Morgan fingerprint density at radius 2 is 1.95 bits per heavy atom. The van der Waals surface area contributed by atoms with Crippen LogP contribution in [0.5, 0.6) is 5.88 Å². The van der Waals surface area contributed by atoms with Crippen LogP contribution < -0.4 is 4.74 Å². The summed E-state index contributed by atoms with van der Waals surface area (Å²) in [4.78, 5) is 14.5. The van der Waals surface area contributed by atoms with E-state index in [1.54, 1.807) is 18.8 Å². The highest BCUT2D eigenvalue weighted by atomic mass is 79.9. The second-order valence-electron chi connectivity index (χ2n) is 5.45. The molecular formula is C13H20BrN3O2. The minimum Gasteiger partial charge on any atom is -0.480 e. The topological polar surface area (TPSA) is 47.4 Å². The quantitative estimate of drug-likeness (QED) is 0.836. The average Bonchev–Trinajstić information content (AvgIpc) is 2.62. The van der Waals surface area contributed by atoms with Gasteiger partial charge in [-0.25, -0.2) is 4.68 Å². The lowest BCUT2D eigenvalue weighted by Gasteiger charge is -2.34. The van der Waals surface area contributed by atoms with Crippen LogP contribution in [-0.2, 0) is 7.05 Å². The Balaban J connectivity index is 2.24. The molecule has 19 heavy (non-hydrogen) atoms. The Kier molecular flexibility index (Phi) is 4.18. The summed E-state index contributed by atoms with van der Waals surface area (Å²) < 4.78 is 7.43. The molecule has 106 valence electrons. The average molecular weight is 330 g/mol. The van der Waals surface area contributed by atoms with Crippen LogP contribution in [0.15, 0.2) is 4.47 Å². The van der Waals surface area contributed by atoms with Crippen molar-refractivity contribution in [1.82, 2.24) is 14.7 Å². The van der Waals surface area contributed by atoms with Gasteiger partial charge in [0.25, 0.3) is 5.91 Å². The van der Waals surface area contributed by atoms with Crippen LogP contribution in [0.25, 0.3) is 0 Å². The number of carbonyl (C=O) groups excluding carboxylic acids is 1. The van der Waals surface area contributed by atoms with Gasteiger partial charge >= 0.3 is 0 Å². The Labute approximate surface area is 122 Å². The highest BCUT2D eigenvalue weighted by Gasteiger charge is 2.30. The number of methoxy groups -OCH3 is 1. The van der Waals surface area contributed by atoms with Crippen LogP contribution in [-0.4, -0.2) is 40.8 Å². The molecule has 0 bridgehead atoms. The van der Waals surface area contributed by atoms with Crippen LogP contribution in [0.4, 0.5) is 0 Å². The Bertz CT molecular complexity index is 476. The molecule has 0 N–H and O–H groups in total. The number of amides is 1. The van der Waals surface area contributed by atoms with E-state index in [0.717, 1.165) is 13.1 Å². The van der Waals surface area contributed by atoms with Crippen LogP contribution in [0.2, 0.25) is 0 Å². The number of likely N-dealkylation sites (tertiary alicyclic amines) is 1. The van der Waals surface area contributed by atoms with Gasteiger partial charge in [-0.3, -0.25) is 4.79 Å². The summed E-state index contributed by atoms with van der Waals surface area (Å²) in [6, 6.07) is 0. The number of hydrogen-bond donors (Lipinski definition) is 0. The van der Waals surface area contributed by atoms with E-state index >= 15 is 0 Å². The molecule has 0 aliphatic carbocycles. The number of piperidine rings is 1. The number of nitrogens with zero attached hydrogens (tertiary/aromatic N) is 3.